The second-order valence-corrected chi connectivity index (χ2v) is 5.23. The van der Waals surface area contributed by atoms with Crippen molar-refractivity contribution in [1.29, 1.82) is 0 Å². The number of ether oxygens (including phenoxy) is 3. The normalized spacial score (nSPS) is 15.9. The lowest BCUT2D eigenvalue weighted by molar-refractivity contribution is -0.0526. The van der Waals surface area contributed by atoms with Gasteiger partial charge in [-0.15, -0.1) is 0 Å². The molecule has 132 valence electrons. The second-order valence-electron chi connectivity index (χ2n) is 5.23. The first kappa shape index (κ1) is 16.8. The number of benzene rings is 2. The number of amides is 1. The average molecular weight is 350 g/mol. The van der Waals surface area contributed by atoms with E-state index in [-0.39, 0.29) is 23.2 Å². The third-order valence-electron chi connectivity index (χ3n) is 3.77. The van der Waals surface area contributed by atoms with Crippen molar-refractivity contribution in [2.45, 2.75) is 12.8 Å². The van der Waals surface area contributed by atoms with Crippen LogP contribution in [0.3, 0.4) is 0 Å². The predicted molar refractivity (Wildman–Crippen MR) is 86.4 cm³/mol. The Kier molecular flexibility index (Phi) is 4.60. The van der Waals surface area contributed by atoms with Crippen LogP contribution in [0.5, 0.6) is 17.2 Å². The summed E-state index contributed by atoms with van der Waals surface area (Å²) in [5.74, 6) is -0.300. The zero-order chi connectivity index (χ0) is 18.0. The molecule has 0 aromatic heterocycles. The van der Waals surface area contributed by atoms with E-state index in [2.05, 4.69) is 15.4 Å². The van der Waals surface area contributed by atoms with Gasteiger partial charge >= 0.3 is 6.61 Å². The number of fused-ring (bicyclic) bond motifs is 1. The van der Waals surface area contributed by atoms with Crippen LogP contribution in [-0.4, -0.2) is 26.7 Å². The molecule has 8 heteroatoms. The standard InChI is InChI=1S/C17H16F2N2O4/c1-23-12-7-9(8-13(24-2)14(12)25-17(18)19)15-20-11-6-4-3-5-10(11)16(22)21-15/h3-8,15,17,20H,1-2H3,(H,21,22). The number of hydrogen-bond acceptors (Lipinski definition) is 5. The fourth-order valence-electron chi connectivity index (χ4n) is 2.65. The van der Waals surface area contributed by atoms with Gasteiger partial charge in [0.25, 0.3) is 5.91 Å². The Hall–Kier alpha value is -3.03. The third-order valence-corrected chi connectivity index (χ3v) is 3.77. The fraction of sp³-hybridized carbons (Fsp3) is 0.235. The van der Waals surface area contributed by atoms with E-state index in [1.54, 1.807) is 18.2 Å². The van der Waals surface area contributed by atoms with E-state index in [1.165, 1.54) is 26.4 Å². The maximum atomic E-state index is 12.6. The zero-order valence-corrected chi connectivity index (χ0v) is 13.5. The molecule has 1 aliphatic heterocycles. The first-order valence-corrected chi connectivity index (χ1v) is 7.40. The molecule has 0 aliphatic carbocycles. The van der Waals surface area contributed by atoms with Crippen molar-refractivity contribution in [2.24, 2.45) is 0 Å². The Morgan fingerprint density at radius 3 is 2.28 bits per heavy atom. The van der Waals surface area contributed by atoms with Crippen molar-refractivity contribution in [3.05, 3.63) is 47.5 Å². The molecule has 0 saturated heterocycles. The fourth-order valence-corrected chi connectivity index (χ4v) is 2.65. The van der Waals surface area contributed by atoms with Gasteiger partial charge in [-0.2, -0.15) is 8.78 Å². The molecule has 2 aromatic carbocycles. The molecule has 1 aliphatic rings. The van der Waals surface area contributed by atoms with E-state index >= 15 is 0 Å². The van der Waals surface area contributed by atoms with Gasteiger partial charge in [0.15, 0.2) is 11.5 Å². The third kappa shape index (κ3) is 3.28. The number of methoxy groups -OCH3 is 2. The van der Waals surface area contributed by atoms with Crippen LogP contribution in [0.25, 0.3) is 0 Å². The molecule has 0 fully saturated rings. The van der Waals surface area contributed by atoms with Gasteiger partial charge in [0.1, 0.15) is 6.17 Å². The lowest BCUT2D eigenvalue weighted by Gasteiger charge is -2.29. The van der Waals surface area contributed by atoms with Gasteiger partial charge in [0.2, 0.25) is 5.75 Å². The molecule has 0 saturated carbocycles. The van der Waals surface area contributed by atoms with Crippen molar-refractivity contribution < 1.29 is 27.8 Å². The molecular weight excluding hydrogens is 334 g/mol. The maximum absolute atomic E-state index is 12.6. The van der Waals surface area contributed by atoms with Crippen LogP contribution in [0, 0.1) is 0 Å². The monoisotopic (exact) mass is 350 g/mol. The number of nitrogens with one attached hydrogen (secondary N) is 2. The van der Waals surface area contributed by atoms with E-state index in [1.807, 2.05) is 6.07 Å². The molecule has 0 spiro atoms. The van der Waals surface area contributed by atoms with Crippen molar-refractivity contribution in [3.8, 4) is 17.2 Å². The SMILES string of the molecule is COc1cc(C2NC(=O)c3ccccc3N2)cc(OC)c1OC(F)F. The molecule has 0 bridgehead atoms. The summed E-state index contributed by atoms with van der Waals surface area (Å²) in [7, 11) is 2.66. The van der Waals surface area contributed by atoms with E-state index in [0.29, 0.717) is 16.8 Å². The Balaban J connectivity index is 1.99. The number of carbonyl (C=O) groups is 1. The quantitative estimate of drug-likeness (QED) is 0.867. The van der Waals surface area contributed by atoms with Crippen molar-refractivity contribution in [3.63, 3.8) is 0 Å². The second kappa shape index (κ2) is 6.84. The van der Waals surface area contributed by atoms with E-state index in [4.69, 9.17) is 9.47 Å². The van der Waals surface area contributed by atoms with E-state index in [9.17, 15) is 13.6 Å². The molecule has 2 aromatic rings. The minimum absolute atomic E-state index is 0.0737. The number of rotatable bonds is 5. The average Bonchev–Trinajstić information content (AvgIpc) is 2.61. The molecule has 0 radical (unpaired) electrons. The minimum Gasteiger partial charge on any atom is -0.493 e. The van der Waals surface area contributed by atoms with Gasteiger partial charge in [-0.25, -0.2) is 0 Å². The van der Waals surface area contributed by atoms with E-state index in [0.717, 1.165) is 0 Å². The Labute approximate surface area is 142 Å². The van der Waals surface area contributed by atoms with Gasteiger partial charge in [0, 0.05) is 11.3 Å². The highest BCUT2D eigenvalue weighted by Gasteiger charge is 2.27. The lowest BCUT2D eigenvalue weighted by Crippen LogP contribution is -2.38. The van der Waals surface area contributed by atoms with Crippen LogP contribution in [0.2, 0.25) is 0 Å². The number of hydrogen-bond donors (Lipinski definition) is 2. The van der Waals surface area contributed by atoms with Crippen LogP contribution in [-0.2, 0) is 0 Å². The smallest absolute Gasteiger partial charge is 0.387 e. The summed E-state index contributed by atoms with van der Waals surface area (Å²) in [6, 6.07) is 10.1. The Bertz CT molecular complexity index is 773. The zero-order valence-electron chi connectivity index (χ0n) is 13.5. The van der Waals surface area contributed by atoms with E-state index < -0.39 is 12.8 Å². The topological polar surface area (TPSA) is 68.8 Å². The molecule has 2 N–H and O–H groups in total. The predicted octanol–water partition coefficient (Wildman–Crippen LogP) is 3.16. The highest BCUT2D eigenvalue weighted by atomic mass is 19.3. The highest BCUT2D eigenvalue weighted by molar-refractivity contribution is 6.01. The first-order chi connectivity index (χ1) is 12.0. The van der Waals surface area contributed by atoms with Gasteiger partial charge in [-0.3, -0.25) is 4.79 Å². The molecular formula is C17H16F2N2O4. The van der Waals surface area contributed by atoms with Gasteiger partial charge in [0.05, 0.1) is 19.8 Å². The molecule has 1 unspecified atom stereocenters. The summed E-state index contributed by atoms with van der Waals surface area (Å²) < 4.78 is 40.0. The van der Waals surface area contributed by atoms with Gasteiger partial charge in [-0.05, 0) is 24.3 Å². The highest BCUT2D eigenvalue weighted by Crippen LogP contribution is 2.41. The largest absolute Gasteiger partial charge is 0.493 e. The maximum Gasteiger partial charge on any atom is 0.387 e. The van der Waals surface area contributed by atoms with Crippen molar-refractivity contribution in [1.82, 2.24) is 5.32 Å². The van der Waals surface area contributed by atoms with Gasteiger partial charge < -0.3 is 24.8 Å². The first-order valence-electron chi connectivity index (χ1n) is 7.40. The number of anilines is 1. The van der Waals surface area contributed by atoms with Crippen molar-refractivity contribution >= 4 is 11.6 Å². The van der Waals surface area contributed by atoms with Crippen LogP contribution >= 0.6 is 0 Å². The number of halogens is 2. The van der Waals surface area contributed by atoms with Crippen LogP contribution in [0.1, 0.15) is 22.1 Å². The number of carbonyl (C=O) groups excluding carboxylic acids is 1. The lowest BCUT2D eigenvalue weighted by atomic mass is 10.0. The number of para-hydroxylation sites is 1. The summed E-state index contributed by atoms with van der Waals surface area (Å²) in [6.45, 7) is -3.02. The van der Waals surface area contributed by atoms with Crippen LogP contribution in [0.15, 0.2) is 36.4 Å². The van der Waals surface area contributed by atoms with Crippen LogP contribution in [0.4, 0.5) is 14.5 Å². The summed E-state index contributed by atoms with van der Waals surface area (Å²) in [5, 5.41) is 5.98. The molecule has 1 heterocycles. The van der Waals surface area contributed by atoms with Gasteiger partial charge in [-0.1, -0.05) is 12.1 Å². The molecule has 1 atom stereocenters. The molecule has 6 nitrogen and oxygen atoms in total. The Morgan fingerprint density at radius 2 is 1.68 bits per heavy atom. The number of alkyl halides is 2. The summed E-state index contributed by atoms with van der Waals surface area (Å²) in [6.07, 6.45) is -0.578. The summed E-state index contributed by atoms with van der Waals surface area (Å²) >= 11 is 0. The van der Waals surface area contributed by atoms with Crippen LogP contribution < -0.4 is 24.8 Å². The summed E-state index contributed by atoms with van der Waals surface area (Å²) in [4.78, 5) is 12.3. The van der Waals surface area contributed by atoms with Crippen molar-refractivity contribution in [2.75, 3.05) is 19.5 Å². The Morgan fingerprint density at radius 1 is 1.04 bits per heavy atom. The molecule has 25 heavy (non-hydrogen) atoms. The minimum atomic E-state index is -3.02. The molecule has 3 rings (SSSR count). The molecule has 1 amide bonds. The summed E-state index contributed by atoms with van der Waals surface area (Å²) in [5.41, 5.74) is 1.76.